The van der Waals surface area contributed by atoms with Crippen molar-refractivity contribution in [2.45, 2.75) is 19.9 Å². The average molecular weight is 553 g/mol. The monoisotopic (exact) mass is 552 g/mol. The van der Waals surface area contributed by atoms with Gasteiger partial charge in [-0.1, -0.05) is 23.5 Å². The fourth-order valence-corrected chi connectivity index (χ4v) is 5.79. The van der Waals surface area contributed by atoms with E-state index in [0.29, 0.717) is 47.9 Å². The third-order valence-electron chi connectivity index (χ3n) is 6.56. The number of morpholine rings is 1. The van der Waals surface area contributed by atoms with Crippen LogP contribution < -0.4 is 19.8 Å². The van der Waals surface area contributed by atoms with E-state index in [1.54, 1.807) is 26.0 Å². The topological polar surface area (TPSA) is 116 Å². The second-order valence-corrected chi connectivity index (χ2v) is 9.96. The van der Waals surface area contributed by atoms with Crippen LogP contribution in [0.4, 0.5) is 15.8 Å². The van der Waals surface area contributed by atoms with Crippen LogP contribution in [0.5, 0.6) is 0 Å². The normalized spacial score (nSPS) is 17.6. The molecule has 1 saturated heterocycles. The maximum atomic E-state index is 13.9. The number of nitrogens with zero attached hydrogens (tertiary/aromatic N) is 4. The van der Waals surface area contributed by atoms with Gasteiger partial charge >= 0.3 is 5.97 Å². The summed E-state index contributed by atoms with van der Waals surface area (Å²) in [6, 6.07) is 9.24. The molecule has 202 valence electrons. The number of rotatable bonds is 6. The van der Waals surface area contributed by atoms with Gasteiger partial charge in [-0.05, 0) is 43.7 Å². The smallest absolute Gasteiger partial charge is 0.338 e. The summed E-state index contributed by atoms with van der Waals surface area (Å²) < 4.78 is 26.2. The summed E-state index contributed by atoms with van der Waals surface area (Å²) in [7, 11) is 0. The van der Waals surface area contributed by atoms with Crippen molar-refractivity contribution in [1.82, 2.24) is 4.57 Å². The lowest BCUT2D eigenvalue weighted by Gasteiger charge is -2.30. The fraction of sp³-hybridized carbons (Fsp3) is 0.296. The number of ether oxygens (including phenoxy) is 2. The van der Waals surface area contributed by atoms with Gasteiger partial charge < -0.3 is 14.4 Å². The summed E-state index contributed by atoms with van der Waals surface area (Å²) in [6.07, 6.45) is 1.62. The quantitative estimate of drug-likeness (QED) is 0.262. The number of esters is 1. The van der Waals surface area contributed by atoms with Gasteiger partial charge in [0.05, 0.1) is 46.6 Å². The zero-order chi connectivity index (χ0) is 27.7. The van der Waals surface area contributed by atoms with Crippen LogP contribution in [-0.4, -0.2) is 48.4 Å². The molecule has 0 aliphatic carbocycles. The SMILES string of the molecule is CCOC(=O)C1=C(C)N=c2s/c(=C\c3cc([N+](=O)[O-])ccc3N3CCOCC3)c(=O)n2[C@H]1c1ccc(F)cc1. The highest BCUT2D eigenvalue weighted by molar-refractivity contribution is 7.07. The number of halogens is 1. The van der Waals surface area contributed by atoms with E-state index in [2.05, 4.69) is 9.89 Å². The van der Waals surface area contributed by atoms with E-state index in [1.165, 1.54) is 41.0 Å². The molecule has 0 unspecified atom stereocenters. The van der Waals surface area contributed by atoms with E-state index < -0.39 is 28.3 Å². The molecule has 1 atom stereocenters. The second-order valence-electron chi connectivity index (χ2n) is 8.95. The van der Waals surface area contributed by atoms with Gasteiger partial charge in [-0.2, -0.15) is 0 Å². The summed E-state index contributed by atoms with van der Waals surface area (Å²) in [5.74, 6) is -1.07. The number of anilines is 1. The Labute approximate surface area is 226 Å². The number of non-ortho nitro benzene ring substituents is 1. The van der Waals surface area contributed by atoms with Gasteiger partial charge in [0.25, 0.3) is 11.2 Å². The van der Waals surface area contributed by atoms with E-state index in [9.17, 15) is 24.1 Å². The van der Waals surface area contributed by atoms with Gasteiger partial charge in [0.2, 0.25) is 0 Å². The number of hydrogen-bond acceptors (Lipinski definition) is 9. The molecule has 2 aromatic carbocycles. The predicted octanol–water partition coefficient (Wildman–Crippen LogP) is 2.68. The Bertz CT molecular complexity index is 1650. The minimum absolute atomic E-state index is 0.101. The van der Waals surface area contributed by atoms with Crippen molar-refractivity contribution in [3.8, 4) is 0 Å². The van der Waals surface area contributed by atoms with Crippen LogP contribution in [0.15, 0.2) is 63.5 Å². The van der Waals surface area contributed by atoms with Crippen LogP contribution in [0.25, 0.3) is 6.08 Å². The maximum absolute atomic E-state index is 13.9. The van der Waals surface area contributed by atoms with Gasteiger partial charge in [0.1, 0.15) is 5.82 Å². The largest absolute Gasteiger partial charge is 0.463 e. The van der Waals surface area contributed by atoms with Crippen LogP contribution in [0.3, 0.4) is 0 Å². The van der Waals surface area contributed by atoms with Crippen molar-refractivity contribution in [2.75, 3.05) is 37.8 Å². The van der Waals surface area contributed by atoms with E-state index in [1.807, 2.05) is 0 Å². The molecule has 39 heavy (non-hydrogen) atoms. The van der Waals surface area contributed by atoms with Crippen molar-refractivity contribution in [1.29, 1.82) is 0 Å². The molecule has 1 fully saturated rings. The number of carbonyl (C=O) groups excluding carboxylic acids is 1. The number of allylic oxidation sites excluding steroid dienone is 1. The van der Waals surface area contributed by atoms with Crippen LogP contribution >= 0.6 is 11.3 Å². The third kappa shape index (κ3) is 5.12. The summed E-state index contributed by atoms with van der Waals surface area (Å²) in [4.78, 5) is 44.9. The molecule has 0 saturated carbocycles. The molecule has 0 spiro atoms. The number of benzene rings is 2. The summed E-state index contributed by atoms with van der Waals surface area (Å²) in [5.41, 5.74) is 1.82. The maximum Gasteiger partial charge on any atom is 0.338 e. The van der Waals surface area contributed by atoms with Crippen molar-refractivity contribution in [3.63, 3.8) is 0 Å². The minimum Gasteiger partial charge on any atom is -0.463 e. The van der Waals surface area contributed by atoms with Crippen molar-refractivity contribution < 1.29 is 23.6 Å². The van der Waals surface area contributed by atoms with Crippen LogP contribution in [0, 0.1) is 15.9 Å². The Hall–Kier alpha value is -4.16. The molecule has 0 radical (unpaired) electrons. The molecule has 3 aromatic rings. The number of thiazole rings is 1. The third-order valence-corrected chi connectivity index (χ3v) is 7.55. The van der Waals surface area contributed by atoms with Crippen molar-refractivity contribution >= 4 is 34.8 Å². The number of hydrogen-bond donors (Lipinski definition) is 0. The molecule has 2 aliphatic heterocycles. The van der Waals surface area contributed by atoms with Gasteiger partial charge in [-0.3, -0.25) is 19.5 Å². The van der Waals surface area contributed by atoms with Crippen molar-refractivity contribution in [2.24, 2.45) is 4.99 Å². The molecule has 2 aliphatic rings. The lowest BCUT2D eigenvalue weighted by molar-refractivity contribution is -0.384. The summed E-state index contributed by atoms with van der Waals surface area (Å²) >= 11 is 1.11. The molecule has 1 aromatic heterocycles. The highest BCUT2D eigenvalue weighted by Gasteiger charge is 2.33. The first kappa shape index (κ1) is 26.4. The van der Waals surface area contributed by atoms with E-state index in [4.69, 9.17) is 9.47 Å². The van der Waals surface area contributed by atoms with E-state index in [-0.39, 0.29) is 22.4 Å². The molecule has 10 nitrogen and oxygen atoms in total. The van der Waals surface area contributed by atoms with E-state index >= 15 is 0 Å². The van der Waals surface area contributed by atoms with Crippen LogP contribution in [-0.2, 0) is 14.3 Å². The molecule has 3 heterocycles. The number of carbonyl (C=O) groups is 1. The Morgan fingerprint density at radius 2 is 1.97 bits per heavy atom. The van der Waals surface area contributed by atoms with Gasteiger partial charge in [-0.25, -0.2) is 14.2 Å². The first-order chi connectivity index (χ1) is 18.8. The highest BCUT2D eigenvalue weighted by atomic mass is 32.1. The number of nitro groups is 1. The molecular weight excluding hydrogens is 527 g/mol. The molecule has 0 N–H and O–H groups in total. The van der Waals surface area contributed by atoms with Gasteiger partial charge in [-0.15, -0.1) is 0 Å². The minimum atomic E-state index is -0.883. The lowest BCUT2D eigenvalue weighted by atomic mass is 9.96. The molecule has 0 amide bonds. The zero-order valence-electron chi connectivity index (χ0n) is 21.3. The average Bonchev–Trinajstić information content (AvgIpc) is 3.23. The molecule has 5 rings (SSSR count). The molecule has 0 bridgehead atoms. The second kappa shape index (κ2) is 10.9. The standard InChI is InChI=1S/C27H25FN4O6S/c1-3-38-26(34)23-16(2)29-27-31(24(23)17-4-6-19(28)7-5-17)25(33)22(39-27)15-18-14-20(32(35)36)8-9-21(18)30-10-12-37-13-11-30/h4-9,14-15,24H,3,10-13H2,1-2H3/b22-15-/t24-/m0/s1. The fourth-order valence-electron chi connectivity index (χ4n) is 4.76. The Morgan fingerprint density at radius 1 is 1.26 bits per heavy atom. The highest BCUT2D eigenvalue weighted by Crippen LogP contribution is 2.31. The number of fused-ring (bicyclic) bond motifs is 1. The van der Waals surface area contributed by atoms with Crippen LogP contribution in [0.2, 0.25) is 0 Å². The first-order valence-electron chi connectivity index (χ1n) is 12.3. The predicted molar refractivity (Wildman–Crippen MR) is 143 cm³/mol. The molecule has 12 heteroatoms. The van der Waals surface area contributed by atoms with E-state index in [0.717, 1.165) is 17.0 Å². The summed E-state index contributed by atoms with van der Waals surface area (Å²) in [5, 5.41) is 11.5. The Balaban J connectivity index is 1.71. The van der Waals surface area contributed by atoms with Crippen molar-refractivity contribution in [3.05, 3.63) is 100 Å². The van der Waals surface area contributed by atoms with Gasteiger partial charge in [0, 0.05) is 36.5 Å². The zero-order valence-corrected chi connectivity index (χ0v) is 22.1. The summed E-state index contributed by atoms with van der Waals surface area (Å²) in [6.45, 7) is 5.72. The Morgan fingerprint density at radius 3 is 2.64 bits per heavy atom. The van der Waals surface area contributed by atoms with Crippen LogP contribution in [0.1, 0.15) is 31.0 Å². The first-order valence-corrected chi connectivity index (χ1v) is 13.2. The number of aromatic nitrogens is 1. The number of nitro benzene ring substituents is 1. The molecular formula is C27H25FN4O6S. The Kier molecular flexibility index (Phi) is 7.40. The lowest BCUT2D eigenvalue weighted by Crippen LogP contribution is -2.40. The van der Waals surface area contributed by atoms with Gasteiger partial charge in [0.15, 0.2) is 4.80 Å².